The summed E-state index contributed by atoms with van der Waals surface area (Å²) in [4.78, 5) is 10.7. The molecule has 1 aromatic rings. The predicted molar refractivity (Wildman–Crippen MR) is 60.5 cm³/mol. The van der Waals surface area contributed by atoms with Crippen molar-refractivity contribution in [3.8, 4) is 5.75 Å². The summed E-state index contributed by atoms with van der Waals surface area (Å²) >= 11 is 0. The Morgan fingerprint density at radius 1 is 1.38 bits per heavy atom. The first-order valence-corrected chi connectivity index (χ1v) is 4.75. The Morgan fingerprint density at radius 2 is 2.06 bits per heavy atom. The van der Waals surface area contributed by atoms with Gasteiger partial charge in [0.25, 0.3) is 0 Å². The lowest BCUT2D eigenvalue weighted by molar-refractivity contribution is -0.131. The van der Waals surface area contributed by atoms with Crippen LogP contribution in [0, 0.1) is 0 Å². The number of hydrogen-bond donors (Lipinski definition) is 1. The number of hydrogen-bond acceptors (Lipinski definition) is 3. The van der Waals surface area contributed by atoms with E-state index in [1.54, 1.807) is 19.2 Å². The molecule has 4 nitrogen and oxygen atoms in total. The second kappa shape index (κ2) is 5.92. The fourth-order valence-electron chi connectivity index (χ4n) is 1.41. The van der Waals surface area contributed by atoms with Crippen molar-refractivity contribution < 1.29 is 19.4 Å². The average molecular weight is 222 g/mol. The van der Waals surface area contributed by atoms with Gasteiger partial charge in [-0.25, -0.2) is 4.79 Å². The molecule has 1 rings (SSSR count). The minimum absolute atomic E-state index is 0.229. The molecule has 0 aliphatic heterocycles. The van der Waals surface area contributed by atoms with E-state index >= 15 is 0 Å². The lowest BCUT2D eigenvalue weighted by Gasteiger charge is -2.10. The van der Waals surface area contributed by atoms with E-state index in [-0.39, 0.29) is 6.61 Å². The van der Waals surface area contributed by atoms with Crippen LogP contribution in [0.3, 0.4) is 0 Å². The highest BCUT2D eigenvalue weighted by atomic mass is 16.5. The summed E-state index contributed by atoms with van der Waals surface area (Å²) in [7, 11) is 3.06. The monoisotopic (exact) mass is 222 g/mol. The Hall–Kier alpha value is -1.81. The van der Waals surface area contributed by atoms with Gasteiger partial charge < -0.3 is 14.6 Å². The summed E-state index contributed by atoms with van der Waals surface area (Å²) in [6.07, 6.45) is 1.13. The first kappa shape index (κ1) is 12.3. The van der Waals surface area contributed by atoms with Gasteiger partial charge in [0.05, 0.1) is 13.7 Å². The van der Waals surface area contributed by atoms with Gasteiger partial charge in [-0.1, -0.05) is 18.2 Å². The first-order valence-electron chi connectivity index (χ1n) is 4.75. The van der Waals surface area contributed by atoms with Gasteiger partial charge in [0.1, 0.15) is 5.75 Å². The first-order chi connectivity index (χ1) is 7.69. The number of carboxylic acid groups (broad SMARTS) is 1. The normalized spacial score (nSPS) is 11.2. The van der Waals surface area contributed by atoms with Gasteiger partial charge >= 0.3 is 5.97 Å². The van der Waals surface area contributed by atoms with Crippen molar-refractivity contribution in [2.75, 3.05) is 20.8 Å². The molecular weight excluding hydrogens is 208 g/mol. The van der Waals surface area contributed by atoms with Crippen molar-refractivity contribution in [3.63, 3.8) is 0 Å². The van der Waals surface area contributed by atoms with E-state index < -0.39 is 5.97 Å². The number of para-hydroxylation sites is 1. The van der Waals surface area contributed by atoms with Crippen LogP contribution in [0.5, 0.6) is 5.75 Å². The van der Waals surface area contributed by atoms with Gasteiger partial charge in [0.2, 0.25) is 0 Å². The van der Waals surface area contributed by atoms with E-state index in [0.717, 1.165) is 11.6 Å². The zero-order valence-electron chi connectivity index (χ0n) is 9.27. The van der Waals surface area contributed by atoms with Gasteiger partial charge in [-0.2, -0.15) is 0 Å². The lowest BCUT2D eigenvalue weighted by Crippen LogP contribution is -2.00. The molecule has 0 aromatic heterocycles. The van der Waals surface area contributed by atoms with Gasteiger partial charge in [0, 0.05) is 18.7 Å². The maximum absolute atomic E-state index is 10.7. The van der Waals surface area contributed by atoms with Crippen LogP contribution in [0.4, 0.5) is 0 Å². The molecule has 0 aliphatic rings. The van der Waals surface area contributed by atoms with Crippen molar-refractivity contribution in [1.82, 2.24) is 0 Å². The average Bonchev–Trinajstić information content (AvgIpc) is 2.28. The van der Waals surface area contributed by atoms with E-state index in [1.807, 2.05) is 12.1 Å². The fraction of sp³-hybridized carbons (Fsp3) is 0.250. The van der Waals surface area contributed by atoms with Gasteiger partial charge in [0.15, 0.2) is 0 Å². The molecule has 1 N–H and O–H groups in total. The Morgan fingerprint density at radius 3 is 2.62 bits per heavy atom. The number of carboxylic acids is 1. The van der Waals surface area contributed by atoms with E-state index in [0.29, 0.717) is 11.3 Å². The van der Waals surface area contributed by atoms with Gasteiger partial charge in [-0.05, 0) is 11.6 Å². The second-order valence-corrected chi connectivity index (χ2v) is 3.14. The minimum atomic E-state index is -1.00. The van der Waals surface area contributed by atoms with Crippen LogP contribution in [0.15, 0.2) is 30.3 Å². The SMILES string of the molecule is COC/C(=C\C(=O)O)c1ccccc1OC. The van der Waals surface area contributed by atoms with Crippen LogP contribution in [0.2, 0.25) is 0 Å². The Labute approximate surface area is 94.1 Å². The van der Waals surface area contributed by atoms with Crippen LogP contribution >= 0.6 is 0 Å². The molecule has 0 radical (unpaired) electrons. The third-order valence-electron chi connectivity index (χ3n) is 2.05. The molecular formula is C12H14O4. The fourth-order valence-corrected chi connectivity index (χ4v) is 1.41. The standard InChI is InChI=1S/C12H14O4/c1-15-8-9(7-12(13)14)10-5-3-4-6-11(10)16-2/h3-7H,8H2,1-2H3,(H,13,14)/b9-7+. The molecule has 0 fully saturated rings. The number of rotatable bonds is 5. The van der Waals surface area contributed by atoms with Crippen molar-refractivity contribution in [2.24, 2.45) is 0 Å². The highest BCUT2D eigenvalue weighted by molar-refractivity contribution is 5.91. The summed E-state index contributed by atoms with van der Waals surface area (Å²) in [5.41, 5.74) is 1.31. The van der Waals surface area contributed by atoms with Crippen LogP contribution in [-0.4, -0.2) is 31.9 Å². The van der Waals surface area contributed by atoms with Crippen molar-refractivity contribution in [3.05, 3.63) is 35.9 Å². The topological polar surface area (TPSA) is 55.8 Å². The third kappa shape index (κ3) is 3.10. The third-order valence-corrected chi connectivity index (χ3v) is 2.05. The Kier molecular flexibility index (Phi) is 4.54. The molecule has 4 heteroatoms. The van der Waals surface area contributed by atoms with Crippen LogP contribution in [-0.2, 0) is 9.53 Å². The van der Waals surface area contributed by atoms with E-state index in [2.05, 4.69) is 0 Å². The number of aliphatic carboxylic acids is 1. The zero-order chi connectivity index (χ0) is 12.0. The molecule has 0 saturated carbocycles. The quantitative estimate of drug-likeness (QED) is 0.772. The van der Waals surface area contributed by atoms with Gasteiger partial charge in [-0.15, -0.1) is 0 Å². The molecule has 0 spiro atoms. The Balaban J connectivity index is 3.15. The molecule has 0 aliphatic carbocycles. The molecule has 0 saturated heterocycles. The molecule has 86 valence electrons. The van der Waals surface area contributed by atoms with Gasteiger partial charge in [-0.3, -0.25) is 0 Å². The van der Waals surface area contributed by atoms with E-state index in [9.17, 15) is 4.79 Å². The molecule has 16 heavy (non-hydrogen) atoms. The Bertz CT molecular complexity index is 396. The highest BCUT2D eigenvalue weighted by Gasteiger charge is 2.09. The van der Waals surface area contributed by atoms with Crippen molar-refractivity contribution in [1.29, 1.82) is 0 Å². The molecule has 0 heterocycles. The molecule has 0 amide bonds. The van der Waals surface area contributed by atoms with Crippen molar-refractivity contribution >= 4 is 11.5 Å². The summed E-state index contributed by atoms with van der Waals surface area (Å²) < 4.78 is 10.1. The maximum Gasteiger partial charge on any atom is 0.328 e. The molecule has 0 unspecified atom stereocenters. The smallest absolute Gasteiger partial charge is 0.328 e. The summed E-state index contributed by atoms with van der Waals surface area (Å²) in [5.74, 6) is -0.370. The zero-order valence-corrected chi connectivity index (χ0v) is 9.27. The molecule has 0 atom stereocenters. The summed E-state index contributed by atoms with van der Waals surface area (Å²) in [6, 6.07) is 7.23. The van der Waals surface area contributed by atoms with Crippen LogP contribution in [0.1, 0.15) is 5.56 Å². The van der Waals surface area contributed by atoms with Crippen LogP contribution < -0.4 is 4.74 Å². The van der Waals surface area contributed by atoms with Crippen LogP contribution in [0.25, 0.3) is 5.57 Å². The highest BCUT2D eigenvalue weighted by Crippen LogP contribution is 2.25. The lowest BCUT2D eigenvalue weighted by atomic mass is 10.1. The largest absolute Gasteiger partial charge is 0.496 e. The summed E-state index contributed by atoms with van der Waals surface area (Å²) in [5, 5.41) is 8.76. The number of ether oxygens (including phenoxy) is 2. The van der Waals surface area contributed by atoms with Crippen molar-refractivity contribution in [2.45, 2.75) is 0 Å². The number of carbonyl (C=O) groups is 1. The second-order valence-electron chi connectivity index (χ2n) is 3.14. The number of methoxy groups -OCH3 is 2. The number of benzene rings is 1. The van der Waals surface area contributed by atoms with E-state index in [4.69, 9.17) is 14.6 Å². The minimum Gasteiger partial charge on any atom is -0.496 e. The maximum atomic E-state index is 10.7. The predicted octanol–water partition coefficient (Wildman–Crippen LogP) is 1.81. The molecule has 0 bridgehead atoms. The summed E-state index contributed by atoms with van der Waals surface area (Å²) in [6.45, 7) is 0.229. The molecule has 1 aromatic carbocycles. The van der Waals surface area contributed by atoms with E-state index in [1.165, 1.54) is 7.11 Å².